The molecule has 0 aliphatic rings. The number of aliphatic hydroxyl groups excluding tert-OH is 1. The van der Waals surface area contributed by atoms with Crippen molar-refractivity contribution in [1.29, 1.82) is 0 Å². The van der Waals surface area contributed by atoms with Crippen LogP contribution in [-0.2, 0) is 16.6 Å². The van der Waals surface area contributed by atoms with Crippen molar-refractivity contribution in [2.75, 3.05) is 13.1 Å². The lowest BCUT2D eigenvalue weighted by Gasteiger charge is -2.06. The highest BCUT2D eigenvalue weighted by atomic mass is 32.2. The van der Waals surface area contributed by atoms with Gasteiger partial charge in [-0.15, -0.1) is 0 Å². The van der Waals surface area contributed by atoms with Crippen LogP contribution in [0.2, 0.25) is 0 Å². The summed E-state index contributed by atoms with van der Waals surface area (Å²) in [5.74, 6) is 1.11. The molecule has 0 saturated heterocycles. The number of nitrogens with one attached hydrogen (secondary N) is 2. The van der Waals surface area contributed by atoms with E-state index >= 15 is 0 Å². The fourth-order valence-electron chi connectivity index (χ4n) is 1.56. The van der Waals surface area contributed by atoms with Crippen LogP contribution in [0.3, 0.4) is 0 Å². The van der Waals surface area contributed by atoms with Gasteiger partial charge in [-0.3, -0.25) is 0 Å². The van der Waals surface area contributed by atoms with E-state index in [0.717, 1.165) is 6.54 Å². The predicted molar refractivity (Wildman–Crippen MR) is 76.7 cm³/mol. The molecule has 1 aromatic rings. The van der Waals surface area contributed by atoms with Gasteiger partial charge in [0.1, 0.15) is 5.76 Å². The van der Waals surface area contributed by atoms with Crippen LogP contribution in [0.25, 0.3) is 0 Å². The summed E-state index contributed by atoms with van der Waals surface area (Å²) in [5, 5.41) is 12.2. The minimum Gasteiger partial charge on any atom is -0.447 e. The van der Waals surface area contributed by atoms with Gasteiger partial charge in [-0.25, -0.2) is 13.1 Å². The van der Waals surface area contributed by atoms with Crippen LogP contribution in [-0.4, -0.2) is 32.7 Å². The number of rotatable bonds is 9. The minimum atomic E-state index is -3.63. The highest BCUT2D eigenvalue weighted by Crippen LogP contribution is 2.13. The van der Waals surface area contributed by atoms with Gasteiger partial charge in [-0.2, -0.15) is 0 Å². The maximum Gasteiger partial charge on any atom is 0.273 e. The molecule has 0 aromatic carbocycles. The van der Waals surface area contributed by atoms with Crippen molar-refractivity contribution in [2.45, 2.75) is 44.9 Å². The van der Waals surface area contributed by atoms with Gasteiger partial charge in [0.2, 0.25) is 5.09 Å². The molecule has 6 nitrogen and oxygen atoms in total. The van der Waals surface area contributed by atoms with Crippen LogP contribution in [0, 0.1) is 5.92 Å². The summed E-state index contributed by atoms with van der Waals surface area (Å²) in [7, 11) is -3.63. The average molecular weight is 304 g/mol. The molecule has 0 amide bonds. The normalized spacial score (nSPS) is 13.8. The molecule has 0 fully saturated rings. The van der Waals surface area contributed by atoms with Crippen LogP contribution in [0.15, 0.2) is 21.6 Å². The van der Waals surface area contributed by atoms with Crippen molar-refractivity contribution in [3.63, 3.8) is 0 Å². The molecule has 116 valence electrons. The fraction of sp³-hybridized carbons (Fsp3) is 0.692. The van der Waals surface area contributed by atoms with Gasteiger partial charge >= 0.3 is 0 Å². The maximum atomic E-state index is 11.9. The average Bonchev–Trinajstić information content (AvgIpc) is 2.77. The summed E-state index contributed by atoms with van der Waals surface area (Å²) in [5.41, 5.74) is 0. The Balaban J connectivity index is 2.52. The van der Waals surface area contributed by atoms with E-state index in [0.29, 0.717) is 24.6 Å². The van der Waals surface area contributed by atoms with Crippen LogP contribution < -0.4 is 10.0 Å². The van der Waals surface area contributed by atoms with E-state index in [1.165, 1.54) is 6.07 Å². The SMILES string of the molecule is CC(C)CNCc1ccc(S(=O)(=O)NCCC(C)O)o1. The molecule has 3 N–H and O–H groups in total. The van der Waals surface area contributed by atoms with Gasteiger partial charge in [0, 0.05) is 6.54 Å². The Kier molecular flexibility index (Phi) is 6.67. The Hall–Kier alpha value is -0.890. The van der Waals surface area contributed by atoms with E-state index in [-0.39, 0.29) is 11.6 Å². The maximum absolute atomic E-state index is 11.9. The molecular weight excluding hydrogens is 280 g/mol. The number of aliphatic hydroxyl groups is 1. The minimum absolute atomic E-state index is 0.0931. The molecule has 1 rings (SSSR count). The van der Waals surface area contributed by atoms with E-state index in [2.05, 4.69) is 23.9 Å². The van der Waals surface area contributed by atoms with Crippen molar-refractivity contribution < 1.29 is 17.9 Å². The third-order valence-corrected chi connectivity index (χ3v) is 3.94. The monoisotopic (exact) mass is 304 g/mol. The van der Waals surface area contributed by atoms with Crippen LogP contribution in [0.5, 0.6) is 0 Å². The van der Waals surface area contributed by atoms with Crippen LogP contribution in [0.1, 0.15) is 33.0 Å². The summed E-state index contributed by atoms with van der Waals surface area (Å²) >= 11 is 0. The van der Waals surface area contributed by atoms with E-state index < -0.39 is 16.1 Å². The van der Waals surface area contributed by atoms with Gasteiger partial charge in [0.15, 0.2) is 0 Å². The zero-order valence-electron chi connectivity index (χ0n) is 12.2. The van der Waals surface area contributed by atoms with E-state index in [1.54, 1.807) is 13.0 Å². The predicted octanol–water partition coefficient (Wildman–Crippen LogP) is 1.07. The topological polar surface area (TPSA) is 91.6 Å². The van der Waals surface area contributed by atoms with E-state index in [9.17, 15) is 8.42 Å². The molecule has 1 atom stereocenters. The van der Waals surface area contributed by atoms with Crippen molar-refractivity contribution in [3.05, 3.63) is 17.9 Å². The largest absolute Gasteiger partial charge is 0.447 e. The molecule has 0 aliphatic carbocycles. The molecule has 1 unspecified atom stereocenters. The van der Waals surface area contributed by atoms with Crippen LogP contribution >= 0.6 is 0 Å². The smallest absolute Gasteiger partial charge is 0.273 e. The number of hydrogen-bond acceptors (Lipinski definition) is 5. The molecule has 0 bridgehead atoms. The summed E-state index contributed by atoms with van der Waals surface area (Å²) < 4.78 is 31.5. The molecule has 1 aromatic heterocycles. The zero-order chi connectivity index (χ0) is 15.2. The van der Waals surface area contributed by atoms with Crippen molar-refractivity contribution in [1.82, 2.24) is 10.0 Å². The summed E-state index contributed by atoms with van der Waals surface area (Å²) in [6.45, 7) is 7.33. The summed E-state index contributed by atoms with van der Waals surface area (Å²) in [6.07, 6.45) is -0.173. The standard InChI is InChI=1S/C13H24N2O4S/c1-10(2)8-14-9-12-4-5-13(19-12)20(17,18)15-7-6-11(3)16/h4-5,10-11,14-16H,6-9H2,1-3H3. The fourth-order valence-corrected chi connectivity index (χ4v) is 2.55. The second kappa shape index (κ2) is 7.78. The second-order valence-corrected chi connectivity index (χ2v) is 6.98. The lowest BCUT2D eigenvalue weighted by Crippen LogP contribution is -2.26. The van der Waals surface area contributed by atoms with Gasteiger partial charge in [-0.05, 0) is 37.9 Å². The summed E-state index contributed by atoms with van der Waals surface area (Å²) in [6, 6.07) is 3.09. The Morgan fingerprint density at radius 3 is 2.60 bits per heavy atom. The lowest BCUT2D eigenvalue weighted by molar-refractivity contribution is 0.186. The summed E-state index contributed by atoms with van der Waals surface area (Å²) in [4.78, 5) is 0. The number of furan rings is 1. The molecule has 0 spiro atoms. The molecule has 20 heavy (non-hydrogen) atoms. The third kappa shape index (κ3) is 6.04. The molecule has 0 aliphatic heterocycles. The highest BCUT2D eigenvalue weighted by molar-refractivity contribution is 7.89. The molecule has 0 radical (unpaired) electrons. The second-order valence-electron chi connectivity index (χ2n) is 5.28. The first-order chi connectivity index (χ1) is 9.31. The van der Waals surface area contributed by atoms with Gasteiger partial charge < -0.3 is 14.8 Å². The zero-order valence-corrected chi connectivity index (χ0v) is 13.0. The highest BCUT2D eigenvalue weighted by Gasteiger charge is 2.18. The molecule has 0 saturated carbocycles. The Bertz CT molecular complexity index is 494. The molecule has 7 heteroatoms. The van der Waals surface area contributed by atoms with Gasteiger partial charge in [-0.1, -0.05) is 13.8 Å². The molecule has 1 heterocycles. The van der Waals surface area contributed by atoms with Gasteiger partial charge in [0.05, 0.1) is 12.6 Å². The first-order valence-electron chi connectivity index (χ1n) is 6.78. The number of sulfonamides is 1. The van der Waals surface area contributed by atoms with E-state index in [4.69, 9.17) is 9.52 Å². The van der Waals surface area contributed by atoms with Gasteiger partial charge in [0.25, 0.3) is 10.0 Å². The first kappa shape index (κ1) is 17.2. The Labute approximate surface area is 120 Å². The first-order valence-corrected chi connectivity index (χ1v) is 8.26. The Morgan fingerprint density at radius 2 is 2.00 bits per heavy atom. The van der Waals surface area contributed by atoms with Crippen molar-refractivity contribution in [2.24, 2.45) is 5.92 Å². The van der Waals surface area contributed by atoms with Crippen LogP contribution in [0.4, 0.5) is 0 Å². The molecular formula is C13H24N2O4S. The Morgan fingerprint density at radius 1 is 1.30 bits per heavy atom. The van der Waals surface area contributed by atoms with Crippen molar-refractivity contribution >= 4 is 10.0 Å². The van der Waals surface area contributed by atoms with E-state index in [1.807, 2.05) is 0 Å². The lowest BCUT2D eigenvalue weighted by atomic mass is 10.2. The quantitative estimate of drug-likeness (QED) is 0.635. The number of hydrogen-bond donors (Lipinski definition) is 3. The van der Waals surface area contributed by atoms with Crippen molar-refractivity contribution in [3.8, 4) is 0 Å². The third-order valence-electron chi connectivity index (χ3n) is 2.61.